The second-order valence-corrected chi connectivity index (χ2v) is 3.74. The van der Waals surface area contributed by atoms with E-state index in [1.54, 1.807) is 7.11 Å². The number of nitrogens with two attached hydrogens (primary N) is 1. The number of hydrogen-bond acceptors (Lipinski definition) is 3. The molecule has 0 aromatic rings. The molecular weight excluding hydrogens is 164 g/mol. The smallest absolute Gasteiger partial charge is 0.0667 e. The second-order valence-electron chi connectivity index (χ2n) is 3.74. The van der Waals surface area contributed by atoms with Crippen molar-refractivity contribution in [3.05, 3.63) is 0 Å². The highest BCUT2D eigenvalue weighted by Gasteiger charge is 2.02. The van der Waals surface area contributed by atoms with E-state index < -0.39 is 0 Å². The van der Waals surface area contributed by atoms with Gasteiger partial charge < -0.3 is 15.8 Å². The minimum absolute atomic E-state index is 0.307. The van der Waals surface area contributed by atoms with Gasteiger partial charge in [-0.2, -0.15) is 0 Å². The molecule has 0 radical (unpaired) electrons. The van der Waals surface area contributed by atoms with Crippen molar-refractivity contribution in [3.63, 3.8) is 0 Å². The van der Waals surface area contributed by atoms with Gasteiger partial charge in [0.05, 0.1) is 6.10 Å². The Kier molecular flexibility index (Phi) is 8.40. The first-order valence-electron chi connectivity index (χ1n) is 5.14. The highest BCUT2D eigenvalue weighted by molar-refractivity contribution is 4.60. The van der Waals surface area contributed by atoms with E-state index in [1.807, 2.05) is 0 Å². The Balaban J connectivity index is 3.21. The van der Waals surface area contributed by atoms with Crippen LogP contribution in [0.1, 0.15) is 26.7 Å². The molecule has 3 heteroatoms. The Morgan fingerprint density at radius 1 is 1.31 bits per heavy atom. The molecule has 0 aliphatic rings. The molecule has 0 rings (SSSR count). The molecule has 0 saturated carbocycles. The van der Waals surface area contributed by atoms with Crippen molar-refractivity contribution in [2.24, 2.45) is 11.7 Å². The molecule has 0 heterocycles. The summed E-state index contributed by atoms with van der Waals surface area (Å²) in [5.74, 6) is 0.715. The van der Waals surface area contributed by atoms with Gasteiger partial charge >= 0.3 is 0 Å². The van der Waals surface area contributed by atoms with E-state index in [-0.39, 0.29) is 0 Å². The molecule has 0 saturated heterocycles. The van der Waals surface area contributed by atoms with Crippen LogP contribution >= 0.6 is 0 Å². The fourth-order valence-corrected chi connectivity index (χ4v) is 1.18. The SMILES string of the molecule is COC(C)CNCC(C)CCCN. The molecule has 0 aliphatic heterocycles. The van der Waals surface area contributed by atoms with Crippen molar-refractivity contribution in [2.45, 2.75) is 32.8 Å². The summed E-state index contributed by atoms with van der Waals surface area (Å²) in [7, 11) is 1.74. The monoisotopic (exact) mass is 188 g/mol. The van der Waals surface area contributed by atoms with Gasteiger partial charge in [-0.15, -0.1) is 0 Å². The molecule has 0 amide bonds. The predicted molar refractivity (Wildman–Crippen MR) is 56.8 cm³/mol. The summed E-state index contributed by atoms with van der Waals surface area (Å²) in [5.41, 5.74) is 5.43. The van der Waals surface area contributed by atoms with Crippen molar-refractivity contribution < 1.29 is 4.74 Å². The van der Waals surface area contributed by atoms with Crippen LogP contribution in [0.15, 0.2) is 0 Å². The molecule has 0 aromatic heterocycles. The third kappa shape index (κ3) is 8.22. The molecule has 2 atom stereocenters. The van der Waals surface area contributed by atoms with E-state index in [2.05, 4.69) is 19.2 Å². The molecule has 13 heavy (non-hydrogen) atoms. The fraction of sp³-hybridized carbons (Fsp3) is 1.00. The van der Waals surface area contributed by atoms with Gasteiger partial charge in [0.25, 0.3) is 0 Å². The van der Waals surface area contributed by atoms with Gasteiger partial charge in [0.15, 0.2) is 0 Å². The van der Waals surface area contributed by atoms with E-state index in [4.69, 9.17) is 10.5 Å². The summed E-state index contributed by atoms with van der Waals surface area (Å²) in [5, 5.41) is 3.38. The van der Waals surface area contributed by atoms with Crippen LogP contribution in [0.4, 0.5) is 0 Å². The lowest BCUT2D eigenvalue weighted by molar-refractivity contribution is 0.116. The van der Waals surface area contributed by atoms with Crippen molar-refractivity contribution in [3.8, 4) is 0 Å². The Morgan fingerprint density at radius 3 is 2.54 bits per heavy atom. The Labute approximate surface area is 82.0 Å². The second kappa shape index (κ2) is 8.48. The maximum Gasteiger partial charge on any atom is 0.0667 e. The maximum atomic E-state index is 5.43. The summed E-state index contributed by atoms with van der Waals surface area (Å²) in [6, 6.07) is 0. The molecule has 3 nitrogen and oxygen atoms in total. The predicted octanol–water partition coefficient (Wildman–Crippen LogP) is 0.986. The van der Waals surface area contributed by atoms with Crippen LogP contribution in [0, 0.1) is 5.92 Å². The molecule has 0 aliphatic carbocycles. The highest BCUT2D eigenvalue weighted by Crippen LogP contribution is 2.02. The topological polar surface area (TPSA) is 47.3 Å². The van der Waals surface area contributed by atoms with Crippen molar-refractivity contribution >= 4 is 0 Å². The fourth-order valence-electron chi connectivity index (χ4n) is 1.18. The van der Waals surface area contributed by atoms with E-state index in [1.165, 1.54) is 6.42 Å². The van der Waals surface area contributed by atoms with Gasteiger partial charge in [0.2, 0.25) is 0 Å². The van der Waals surface area contributed by atoms with Gasteiger partial charge in [-0.1, -0.05) is 6.92 Å². The van der Waals surface area contributed by atoms with Crippen LogP contribution in [0.3, 0.4) is 0 Å². The van der Waals surface area contributed by atoms with Crippen LogP contribution in [-0.2, 0) is 4.74 Å². The van der Waals surface area contributed by atoms with E-state index in [0.29, 0.717) is 12.0 Å². The third-order valence-electron chi connectivity index (χ3n) is 2.23. The molecule has 80 valence electrons. The number of ether oxygens (including phenoxy) is 1. The van der Waals surface area contributed by atoms with Gasteiger partial charge in [0, 0.05) is 13.7 Å². The third-order valence-corrected chi connectivity index (χ3v) is 2.23. The Bertz CT molecular complexity index is 109. The number of hydrogen-bond donors (Lipinski definition) is 2. The Morgan fingerprint density at radius 2 is 2.00 bits per heavy atom. The van der Waals surface area contributed by atoms with Crippen LogP contribution in [0.5, 0.6) is 0 Å². The zero-order valence-electron chi connectivity index (χ0n) is 9.18. The van der Waals surface area contributed by atoms with Gasteiger partial charge in [-0.05, 0) is 38.8 Å². The van der Waals surface area contributed by atoms with Crippen LogP contribution in [0.2, 0.25) is 0 Å². The van der Waals surface area contributed by atoms with Crippen molar-refractivity contribution in [1.29, 1.82) is 0 Å². The highest BCUT2D eigenvalue weighted by atomic mass is 16.5. The minimum Gasteiger partial charge on any atom is -0.380 e. The first-order valence-corrected chi connectivity index (χ1v) is 5.14. The van der Waals surface area contributed by atoms with Gasteiger partial charge in [-0.25, -0.2) is 0 Å². The van der Waals surface area contributed by atoms with Crippen LogP contribution in [-0.4, -0.2) is 32.8 Å². The van der Waals surface area contributed by atoms with E-state index >= 15 is 0 Å². The average molecular weight is 188 g/mol. The van der Waals surface area contributed by atoms with Gasteiger partial charge in [-0.3, -0.25) is 0 Å². The Hall–Kier alpha value is -0.120. The zero-order valence-corrected chi connectivity index (χ0v) is 9.18. The van der Waals surface area contributed by atoms with E-state index in [9.17, 15) is 0 Å². The lowest BCUT2D eigenvalue weighted by atomic mass is 10.1. The van der Waals surface area contributed by atoms with Crippen LogP contribution < -0.4 is 11.1 Å². The summed E-state index contributed by atoms with van der Waals surface area (Å²) >= 11 is 0. The quantitative estimate of drug-likeness (QED) is 0.597. The number of nitrogens with one attached hydrogen (secondary N) is 1. The molecule has 0 bridgehead atoms. The summed E-state index contributed by atoms with van der Waals surface area (Å²) in [6.45, 7) is 7.12. The number of rotatable bonds is 8. The minimum atomic E-state index is 0.307. The largest absolute Gasteiger partial charge is 0.380 e. The standard InChI is InChI=1S/C10H24N2O/c1-9(5-4-6-11)7-12-8-10(2)13-3/h9-10,12H,4-8,11H2,1-3H3. The summed E-state index contributed by atoms with van der Waals surface area (Å²) in [4.78, 5) is 0. The van der Waals surface area contributed by atoms with Crippen molar-refractivity contribution in [1.82, 2.24) is 5.32 Å². The normalized spacial score (nSPS) is 15.7. The summed E-state index contributed by atoms with van der Waals surface area (Å²) < 4.78 is 5.13. The van der Waals surface area contributed by atoms with E-state index in [0.717, 1.165) is 26.1 Å². The average Bonchev–Trinajstić information content (AvgIpc) is 2.14. The molecule has 3 N–H and O–H groups in total. The first-order chi connectivity index (χ1) is 6.20. The lowest BCUT2D eigenvalue weighted by Crippen LogP contribution is -2.29. The molecule has 0 spiro atoms. The molecular formula is C10H24N2O. The molecule has 0 fully saturated rings. The molecule has 0 aromatic carbocycles. The first kappa shape index (κ1) is 12.9. The van der Waals surface area contributed by atoms with Gasteiger partial charge in [0.1, 0.15) is 0 Å². The number of methoxy groups -OCH3 is 1. The zero-order chi connectivity index (χ0) is 10.1. The lowest BCUT2D eigenvalue weighted by Gasteiger charge is -2.14. The maximum absolute atomic E-state index is 5.43. The summed E-state index contributed by atoms with van der Waals surface area (Å²) in [6.07, 6.45) is 2.65. The van der Waals surface area contributed by atoms with Crippen LogP contribution in [0.25, 0.3) is 0 Å². The molecule has 2 unspecified atom stereocenters. The van der Waals surface area contributed by atoms with Crippen molar-refractivity contribution in [2.75, 3.05) is 26.7 Å².